The van der Waals surface area contributed by atoms with Crippen LogP contribution in [0.3, 0.4) is 0 Å². The van der Waals surface area contributed by atoms with E-state index in [1.165, 1.54) is 43.5 Å². The third kappa shape index (κ3) is 3.80. The molecule has 1 aliphatic heterocycles. The highest BCUT2D eigenvalue weighted by molar-refractivity contribution is 7.09. The molecule has 1 aliphatic carbocycles. The van der Waals surface area contributed by atoms with E-state index < -0.39 is 0 Å². The van der Waals surface area contributed by atoms with Gasteiger partial charge in [0, 0.05) is 42.7 Å². The number of aromatic nitrogens is 1. The van der Waals surface area contributed by atoms with Gasteiger partial charge in [0.05, 0.1) is 5.01 Å². The van der Waals surface area contributed by atoms with Crippen molar-refractivity contribution < 1.29 is 0 Å². The van der Waals surface area contributed by atoms with Gasteiger partial charge >= 0.3 is 0 Å². The Balaban J connectivity index is 1.34. The van der Waals surface area contributed by atoms with Crippen LogP contribution < -0.4 is 10.6 Å². The molecule has 20 heavy (non-hydrogen) atoms. The van der Waals surface area contributed by atoms with Crippen molar-refractivity contribution in [3.63, 3.8) is 0 Å². The minimum Gasteiger partial charge on any atom is -0.315 e. The summed E-state index contributed by atoms with van der Waals surface area (Å²) in [6, 6.07) is 1.50. The van der Waals surface area contributed by atoms with Crippen molar-refractivity contribution in [2.24, 2.45) is 5.92 Å². The van der Waals surface area contributed by atoms with Gasteiger partial charge in [-0.25, -0.2) is 4.98 Å². The molecule has 2 aliphatic rings. The second-order valence-electron chi connectivity index (χ2n) is 6.43. The minimum atomic E-state index is 0.687. The molecule has 0 radical (unpaired) electrons. The van der Waals surface area contributed by atoms with E-state index in [1.807, 2.05) is 0 Å². The number of aryl methyl sites for hydroxylation is 1. The largest absolute Gasteiger partial charge is 0.315 e. The van der Waals surface area contributed by atoms with Crippen molar-refractivity contribution in [1.82, 2.24) is 15.6 Å². The molecule has 0 bridgehead atoms. The lowest BCUT2D eigenvalue weighted by Gasteiger charge is -2.40. The summed E-state index contributed by atoms with van der Waals surface area (Å²) in [7, 11) is 0. The van der Waals surface area contributed by atoms with Crippen molar-refractivity contribution >= 4 is 11.3 Å². The number of hydrogen-bond acceptors (Lipinski definition) is 4. The first-order valence-corrected chi connectivity index (χ1v) is 9.07. The van der Waals surface area contributed by atoms with Gasteiger partial charge < -0.3 is 10.6 Å². The predicted octanol–water partition coefficient (Wildman–Crippen LogP) is 2.89. The summed E-state index contributed by atoms with van der Waals surface area (Å²) in [5.74, 6) is 0.971. The first-order chi connectivity index (χ1) is 9.81. The topological polar surface area (TPSA) is 37.0 Å². The summed E-state index contributed by atoms with van der Waals surface area (Å²) in [6.07, 6.45) is 9.61. The monoisotopic (exact) mass is 293 g/mol. The van der Waals surface area contributed by atoms with Gasteiger partial charge in [-0.3, -0.25) is 0 Å². The van der Waals surface area contributed by atoms with Crippen LogP contribution in [0.5, 0.6) is 0 Å². The number of nitrogens with zero attached hydrogens (tertiary/aromatic N) is 1. The lowest BCUT2D eigenvalue weighted by atomic mass is 9.78. The highest BCUT2D eigenvalue weighted by atomic mass is 32.1. The Morgan fingerprint density at radius 1 is 1.30 bits per heavy atom. The number of rotatable bonds is 5. The van der Waals surface area contributed by atoms with Gasteiger partial charge in [0.15, 0.2) is 0 Å². The number of piperidine rings is 1. The molecule has 2 heterocycles. The quantitative estimate of drug-likeness (QED) is 0.820. The Hall–Kier alpha value is -0.450. The van der Waals surface area contributed by atoms with Gasteiger partial charge in [0.25, 0.3) is 0 Å². The number of nitrogens with one attached hydrogen (secondary N) is 2. The van der Waals surface area contributed by atoms with E-state index in [0.29, 0.717) is 6.04 Å². The molecule has 3 atom stereocenters. The van der Waals surface area contributed by atoms with Gasteiger partial charge in [0.1, 0.15) is 0 Å². The fraction of sp³-hybridized carbons (Fsp3) is 0.812. The van der Waals surface area contributed by atoms with Crippen molar-refractivity contribution in [2.45, 2.75) is 64.0 Å². The predicted molar refractivity (Wildman–Crippen MR) is 85.3 cm³/mol. The zero-order valence-corrected chi connectivity index (χ0v) is 13.3. The molecule has 3 rings (SSSR count). The second kappa shape index (κ2) is 7.01. The zero-order valence-electron chi connectivity index (χ0n) is 12.5. The molecule has 0 aromatic carbocycles. The highest BCUT2D eigenvalue weighted by Crippen LogP contribution is 2.31. The normalized spacial score (nSPS) is 30.1. The van der Waals surface area contributed by atoms with Crippen molar-refractivity contribution in [3.05, 3.63) is 16.1 Å². The maximum atomic E-state index is 4.51. The molecular formula is C16H27N3S. The molecule has 112 valence electrons. The van der Waals surface area contributed by atoms with E-state index in [0.717, 1.165) is 37.2 Å². The molecule has 3 unspecified atom stereocenters. The molecule has 1 saturated carbocycles. The lowest BCUT2D eigenvalue weighted by Crippen LogP contribution is -2.52. The van der Waals surface area contributed by atoms with Crippen LogP contribution in [0, 0.1) is 12.8 Å². The van der Waals surface area contributed by atoms with E-state index in [9.17, 15) is 0 Å². The van der Waals surface area contributed by atoms with E-state index in [4.69, 9.17) is 0 Å². The van der Waals surface area contributed by atoms with Crippen molar-refractivity contribution in [1.29, 1.82) is 0 Å². The summed E-state index contributed by atoms with van der Waals surface area (Å²) in [4.78, 5) is 4.51. The Kier molecular flexibility index (Phi) is 5.08. The molecule has 2 N–H and O–H groups in total. The molecule has 0 spiro atoms. The number of thiazole rings is 1. The maximum Gasteiger partial charge on any atom is 0.0940 e. The molecule has 0 amide bonds. The molecule has 2 fully saturated rings. The third-order valence-electron chi connectivity index (χ3n) is 4.82. The molecule has 1 saturated heterocycles. The number of hydrogen-bond donors (Lipinski definition) is 2. The van der Waals surface area contributed by atoms with E-state index in [-0.39, 0.29) is 0 Å². The Morgan fingerprint density at radius 2 is 2.20 bits per heavy atom. The van der Waals surface area contributed by atoms with Crippen LogP contribution in [-0.2, 0) is 6.42 Å². The summed E-state index contributed by atoms with van der Waals surface area (Å²) < 4.78 is 0. The SMILES string of the molecule is Cc1csc(CCNCC2CCC3CCCCC3N2)n1. The Labute approximate surface area is 126 Å². The number of fused-ring (bicyclic) bond motifs is 1. The van der Waals surface area contributed by atoms with Crippen molar-refractivity contribution in [3.8, 4) is 0 Å². The van der Waals surface area contributed by atoms with Gasteiger partial charge in [-0.2, -0.15) is 0 Å². The van der Waals surface area contributed by atoms with Gasteiger partial charge in [-0.1, -0.05) is 12.8 Å². The van der Waals surface area contributed by atoms with Gasteiger partial charge in [-0.05, 0) is 38.5 Å². The van der Waals surface area contributed by atoms with Crippen LogP contribution in [0.15, 0.2) is 5.38 Å². The van der Waals surface area contributed by atoms with E-state index in [2.05, 4.69) is 27.9 Å². The average molecular weight is 293 g/mol. The summed E-state index contributed by atoms with van der Waals surface area (Å²) in [5, 5.41) is 10.9. The summed E-state index contributed by atoms with van der Waals surface area (Å²) in [5.41, 5.74) is 1.15. The van der Waals surface area contributed by atoms with Gasteiger partial charge in [0.2, 0.25) is 0 Å². The Morgan fingerprint density at radius 3 is 3.05 bits per heavy atom. The highest BCUT2D eigenvalue weighted by Gasteiger charge is 2.31. The maximum absolute atomic E-state index is 4.51. The fourth-order valence-electron chi connectivity index (χ4n) is 3.72. The minimum absolute atomic E-state index is 0.687. The van der Waals surface area contributed by atoms with Crippen LogP contribution in [0.25, 0.3) is 0 Å². The summed E-state index contributed by atoms with van der Waals surface area (Å²) in [6.45, 7) is 4.24. The average Bonchev–Trinajstić information content (AvgIpc) is 2.89. The standard InChI is InChI=1S/C16H27N3S/c1-12-11-20-16(18-12)8-9-17-10-14-7-6-13-4-2-3-5-15(13)19-14/h11,13-15,17,19H,2-10H2,1H3. The molecule has 1 aromatic rings. The zero-order chi connectivity index (χ0) is 13.8. The molecule has 4 heteroatoms. The van der Waals surface area contributed by atoms with Gasteiger partial charge in [-0.15, -0.1) is 11.3 Å². The van der Waals surface area contributed by atoms with Crippen LogP contribution in [0.4, 0.5) is 0 Å². The van der Waals surface area contributed by atoms with E-state index in [1.54, 1.807) is 11.3 Å². The first-order valence-electron chi connectivity index (χ1n) is 8.19. The van der Waals surface area contributed by atoms with Crippen molar-refractivity contribution in [2.75, 3.05) is 13.1 Å². The Bertz CT molecular complexity index is 418. The molecular weight excluding hydrogens is 266 g/mol. The van der Waals surface area contributed by atoms with Crippen LogP contribution >= 0.6 is 11.3 Å². The van der Waals surface area contributed by atoms with Crippen LogP contribution in [0.2, 0.25) is 0 Å². The lowest BCUT2D eigenvalue weighted by molar-refractivity contribution is 0.174. The van der Waals surface area contributed by atoms with Crippen LogP contribution in [0.1, 0.15) is 49.2 Å². The fourth-order valence-corrected chi connectivity index (χ4v) is 4.50. The molecule has 3 nitrogen and oxygen atoms in total. The third-order valence-corrected chi connectivity index (χ3v) is 5.84. The summed E-state index contributed by atoms with van der Waals surface area (Å²) >= 11 is 1.78. The van der Waals surface area contributed by atoms with E-state index >= 15 is 0 Å². The van der Waals surface area contributed by atoms with Crippen LogP contribution in [-0.4, -0.2) is 30.2 Å². The smallest absolute Gasteiger partial charge is 0.0940 e. The molecule has 1 aromatic heterocycles. The first kappa shape index (κ1) is 14.5. The second-order valence-corrected chi connectivity index (χ2v) is 7.37.